The van der Waals surface area contributed by atoms with E-state index in [9.17, 15) is 9.59 Å². The van der Waals surface area contributed by atoms with Crippen LogP contribution in [0.2, 0.25) is 0 Å². The number of nitrogens with one attached hydrogen (secondary N) is 3. The van der Waals surface area contributed by atoms with E-state index in [2.05, 4.69) is 29.9 Å². The molecular weight excluding hydrogens is 244 g/mol. The fourth-order valence-corrected chi connectivity index (χ4v) is 1.97. The Labute approximate surface area is 98.7 Å². The maximum absolute atomic E-state index is 11.6. The average Bonchev–Trinajstić information content (AvgIpc) is 2.90. The lowest BCUT2D eigenvalue weighted by atomic mass is 10.4. The standard InChI is InChI=1S/C8H8N6O2S/c15-6(5-9-7(16)13-12-5)11-8-10-4(14-17-8)3-1-2-3/h3H,1-2H2,(H2,9,12,13,16)(H,10,11,14,15). The summed E-state index contributed by atoms with van der Waals surface area (Å²) in [6, 6.07) is 0. The van der Waals surface area contributed by atoms with Crippen molar-refractivity contribution in [3.63, 3.8) is 0 Å². The van der Waals surface area contributed by atoms with Crippen LogP contribution in [0.4, 0.5) is 5.13 Å². The maximum Gasteiger partial charge on any atom is 0.341 e. The van der Waals surface area contributed by atoms with E-state index in [4.69, 9.17) is 0 Å². The quantitative estimate of drug-likeness (QED) is 0.715. The minimum absolute atomic E-state index is 0.0711. The van der Waals surface area contributed by atoms with Gasteiger partial charge in [0.2, 0.25) is 11.0 Å². The molecule has 1 aliphatic rings. The summed E-state index contributed by atoms with van der Waals surface area (Å²) in [5.74, 6) is 0.642. The summed E-state index contributed by atoms with van der Waals surface area (Å²) in [7, 11) is 0. The van der Waals surface area contributed by atoms with Gasteiger partial charge in [-0.2, -0.15) is 4.37 Å². The summed E-state index contributed by atoms with van der Waals surface area (Å²) in [6.45, 7) is 0. The topological polar surface area (TPSA) is 116 Å². The first-order valence-electron chi connectivity index (χ1n) is 5.02. The molecule has 0 saturated heterocycles. The van der Waals surface area contributed by atoms with E-state index in [0.29, 0.717) is 11.0 Å². The smallest absolute Gasteiger partial charge is 0.294 e. The molecule has 3 rings (SSSR count). The van der Waals surface area contributed by atoms with Gasteiger partial charge in [0.05, 0.1) is 0 Å². The third kappa shape index (κ3) is 2.09. The third-order valence-electron chi connectivity index (χ3n) is 2.32. The van der Waals surface area contributed by atoms with Crippen LogP contribution in [0.3, 0.4) is 0 Å². The largest absolute Gasteiger partial charge is 0.341 e. The van der Waals surface area contributed by atoms with Gasteiger partial charge in [0.15, 0.2) is 0 Å². The Bertz CT molecular complexity index is 609. The van der Waals surface area contributed by atoms with E-state index < -0.39 is 11.6 Å². The lowest BCUT2D eigenvalue weighted by Crippen LogP contribution is -2.14. The number of nitrogens with zero attached hydrogens (tertiary/aromatic N) is 3. The number of rotatable bonds is 3. The van der Waals surface area contributed by atoms with Gasteiger partial charge in [0, 0.05) is 17.5 Å². The van der Waals surface area contributed by atoms with Gasteiger partial charge < -0.3 is 0 Å². The molecule has 9 heteroatoms. The van der Waals surface area contributed by atoms with E-state index >= 15 is 0 Å². The van der Waals surface area contributed by atoms with Gasteiger partial charge in [0.1, 0.15) is 5.82 Å². The van der Waals surface area contributed by atoms with Gasteiger partial charge in [-0.1, -0.05) is 0 Å². The number of carbonyl (C=O) groups excluding carboxylic acids is 1. The number of anilines is 1. The van der Waals surface area contributed by atoms with Crippen molar-refractivity contribution in [1.82, 2.24) is 24.5 Å². The third-order valence-corrected chi connectivity index (χ3v) is 2.97. The second kappa shape index (κ2) is 3.77. The Balaban J connectivity index is 1.73. The van der Waals surface area contributed by atoms with Crippen LogP contribution in [0.25, 0.3) is 0 Å². The van der Waals surface area contributed by atoms with Crippen molar-refractivity contribution in [2.45, 2.75) is 18.8 Å². The summed E-state index contributed by atoms with van der Waals surface area (Å²) in [6.07, 6.45) is 2.22. The van der Waals surface area contributed by atoms with Crippen LogP contribution >= 0.6 is 11.5 Å². The van der Waals surface area contributed by atoms with Crippen molar-refractivity contribution in [2.24, 2.45) is 0 Å². The Morgan fingerprint density at radius 3 is 2.94 bits per heavy atom. The van der Waals surface area contributed by atoms with Crippen LogP contribution in [-0.2, 0) is 0 Å². The predicted octanol–water partition coefficient (Wildman–Crippen LogP) is 0.0792. The summed E-state index contributed by atoms with van der Waals surface area (Å²) >= 11 is 1.12. The Morgan fingerprint density at radius 1 is 1.47 bits per heavy atom. The molecule has 0 aliphatic heterocycles. The average molecular weight is 252 g/mol. The van der Waals surface area contributed by atoms with Crippen molar-refractivity contribution in [3.05, 3.63) is 22.1 Å². The summed E-state index contributed by atoms with van der Waals surface area (Å²) in [5, 5.41) is 8.58. The Hall–Kier alpha value is -2.03. The molecule has 0 unspecified atom stereocenters. The van der Waals surface area contributed by atoms with Crippen molar-refractivity contribution < 1.29 is 4.79 Å². The molecule has 1 aliphatic carbocycles. The van der Waals surface area contributed by atoms with Crippen LogP contribution in [0.15, 0.2) is 4.79 Å². The highest BCUT2D eigenvalue weighted by Gasteiger charge is 2.28. The second-order valence-corrected chi connectivity index (χ2v) is 4.46. The van der Waals surface area contributed by atoms with Gasteiger partial charge in [-0.05, 0) is 12.8 Å². The van der Waals surface area contributed by atoms with Gasteiger partial charge in [-0.25, -0.2) is 14.9 Å². The highest BCUT2D eigenvalue weighted by Crippen LogP contribution is 2.39. The molecule has 88 valence electrons. The number of carbonyl (C=O) groups is 1. The van der Waals surface area contributed by atoms with Crippen molar-refractivity contribution in [2.75, 3.05) is 5.32 Å². The molecule has 1 fully saturated rings. The van der Waals surface area contributed by atoms with Crippen LogP contribution < -0.4 is 11.0 Å². The number of aromatic amines is 2. The van der Waals surface area contributed by atoms with Crippen LogP contribution in [0.1, 0.15) is 35.2 Å². The first-order chi connectivity index (χ1) is 8.22. The molecule has 0 bridgehead atoms. The molecule has 1 amide bonds. The van der Waals surface area contributed by atoms with E-state index in [1.54, 1.807) is 0 Å². The molecule has 0 aromatic carbocycles. The van der Waals surface area contributed by atoms with Crippen molar-refractivity contribution in [3.8, 4) is 0 Å². The molecule has 2 heterocycles. The summed E-state index contributed by atoms with van der Waals surface area (Å²) < 4.78 is 4.15. The Kier molecular flexibility index (Phi) is 2.25. The molecule has 0 spiro atoms. The molecule has 2 aromatic heterocycles. The Morgan fingerprint density at radius 2 is 2.29 bits per heavy atom. The highest BCUT2D eigenvalue weighted by molar-refractivity contribution is 7.09. The van der Waals surface area contributed by atoms with Gasteiger partial charge in [-0.15, -0.1) is 5.10 Å². The molecule has 8 nitrogen and oxygen atoms in total. The normalized spacial score (nSPS) is 14.8. The van der Waals surface area contributed by atoms with Crippen molar-refractivity contribution in [1.29, 1.82) is 0 Å². The van der Waals surface area contributed by atoms with Crippen LogP contribution in [-0.4, -0.2) is 30.4 Å². The molecule has 2 aromatic rings. The van der Waals surface area contributed by atoms with E-state index in [1.165, 1.54) is 0 Å². The van der Waals surface area contributed by atoms with Gasteiger partial charge in [0.25, 0.3) is 5.91 Å². The minimum atomic E-state index is -0.522. The lowest BCUT2D eigenvalue weighted by Gasteiger charge is -1.95. The number of amides is 1. The first kappa shape index (κ1) is 10.1. The lowest BCUT2D eigenvalue weighted by molar-refractivity contribution is 0.101. The highest BCUT2D eigenvalue weighted by atomic mass is 32.1. The SMILES string of the molecule is O=C(Nc1nc(C2CC2)ns1)c1n[nH]c(=O)[nH]1. The van der Waals surface area contributed by atoms with Gasteiger partial charge >= 0.3 is 5.69 Å². The zero-order valence-electron chi connectivity index (χ0n) is 8.56. The zero-order chi connectivity index (χ0) is 11.8. The fraction of sp³-hybridized carbons (Fsp3) is 0.375. The molecule has 0 radical (unpaired) electrons. The summed E-state index contributed by atoms with van der Waals surface area (Å²) in [5.41, 5.74) is -0.522. The number of hydrogen-bond acceptors (Lipinski definition) is 6. The molecular formula is C8H8N6O2S. The second-order valence-electron chi connectivity index (χ2n) is 3.71. The number of hydrogen-bond donors (Lipinski definition) is 3. The van der Waals surface area contributed by atoms with Crippen molar-refractivity contribution >= 4 is 22.6 Å². The fourth-order valence-electron chi connectivity index (χ4n) is 1.33. The number of aromatic nitrogens is 5. The predicted molar refractivity (Wildman–Crippen MR) is 59.0 cm³/mol. The summed E-state index contributed by atoms with van der Waals surface area (Å²) in [4.78, 5) is 28.8. The maximum atomic E-state index is 11.6. The number of H-pyrrole nitrogens is 2. The van der Waals surface area contributed by atoms with E-state index in [1.807, 2.05) is 0 Å². The van der Waals surface area contributed by atoms with Crippen LogP contribution in [0.5, 0.6) is 0 Å². The monoisotopic (exact) mass is 252 g/mol. The van der Waals surface area contributed by atoms with E-state index in [-0.39, 0.29) is 5.82 Å². The molecule has 1 saturated carbocycles. The molecule has 17 heavy (non-hydrogen) atoms. The van der Waals surface area contributed by atoms with E-state index in [0.717, 1.165) is 30.2 Å². The molecule has 0 atom stereocenters. The van der Waals surface area contributed by atoms with Gasteiger partial charge in [-0.3, -0.25) is 15.1 Å². The first-order valence-corrected chi connectivity index (χ1v) is 5.79. The van der Waals surface area contributed by atoms with Crippen LogP contribution in [0, 0.1) is 0 Å². The minimum Gasteiger partial charge on any atom is -0.294 e. The molecule has 3 N–H and O–H groups in total. The zero-order valence-corrected chi connectivity index (χ0v) is 9.37.